The zero-order chi connectivity index (χ0) is 18.4. The lowest BCUT2D eigenvalue weighted by molar-refractivity contribution is 0.0341. The van der Waals surface area contributed by atoms with Crippen molar-refractivity contribution in [2.75, 3.05) is 31.6 Å². The summed E-state index contributed by atoms with van der Waals surface area (Å²) in [5.41, 5.74) is 12.0. The highest BCUT2D eigenvalue weighted by Gasteiger charge is 2.12. The van der Waals surface area contributed by atoms with Crippen molar-refractivity contribution < 1.29 is 4.74 Å². The third-order valence-corrected chi connectivity index (χ3v) is 4.53. The van der Waals surface area contributed by atoms with Crippen molar-refractivity contribution in [2.24, 2.45) is 10.7 Å². The van der Waals surface area contributed by atoms with E-state index in [1.54, 1.807) is 0 Å². The van der Waals surface area contributed by atoms with E-state index in [9.17, 15) is 0 Å². The summed E-state index contributed by atoms with van der Waals surface area (Å²) in [5.74, 6) is 0.441. The second kappa shape index (κ2) is 8.83. The molecule has 0 amide bonds. The number of nitrogens with two attached hydrogens (primary N) is 1. The first kappa shape index (κ1) is 18.4. The molecule has 2 aromatic rings. The van der Waals surface area contributed by atoms with Crippen molar-refractivity contribution in [1.82, 2.24) is 4.90 Å². The summed E-state index contributed by atoms with van der Waals surface area (Å²) in [5, 5.41) is 3.20. The Morgan fingerprint density at radius 1 is 1.08 bits per heavy atom. The fraction of sp³-hybridized carbons (Fsp3) is 0.381. The smallest absolute Gasteiger partial charge is 0.193 e. The van der Waals surface area contributed by atoms with E-state index in [4.69, 9.17) is 10.5 Å². The third-order valence-electron chi connectivity index (χ3n) is 4.53. The standard InChI is InChI=1S/C21H28N4O/c1-16-11-17(2)13-20(12-16)24-21(22)23-14-18-5-3-4-6-19(18)15-25-7-9-26-10-8-25/h3-6,11-13H,7-10,14-15H2,1-2H3,(H3,22,23,24). The highest BCUT2D eigenvalue weighted by molar-refractivity contribution is 5.92. The second-order valence-corrected chi connectivity index (χ2v) is 6.86. The highest BCUT2D eigenvalue weighted by atomic mass is 16.5. The molecule has 26 heavy (non-hydrogen) atoms. The molecule has 0 aromatic heterocycles. The Bertz CT molecular complexity index is 746. The van der Waals surface area contributed by atoms with Gasteiger partial charge in [-0.15, -0.1) is 0 Å². The lowest BCUT2D eigenvalue weighted by Crippen LogP contribution is -2.35. The van der Waals surface area contributed by atoms with Gasteiger partial charge in [0, 0.05) is 25.3 Å². The van der Waals surface area contributed by atoms with Gasteiger partial charge in [0.05, 0.1) is 19.8 Å². The number of hydrogen-bond acceptors (Lipinski definition) is 3. The largest absolute Gasteiger partial charge is 0.379 e. The minimum absolute atomic E-state index is 0.441. The summed E-state index contributed by atoms with van der Waals surface area (Å²) in [7, 11) is 0. The number of aliphatic imine (C=N–C) groups is 1. The second-order valence-electron chi connectivity index (χ2n) is 6.86. The maximum absolute atomic E-state index is 6.10. The Morgan fingerprint density at radius 2 is 1.73 bits per heavy atom. The van der Waals surface area contributed by atoms with Crippen LogP contribution in [0.2, 0.25) is 0 Å². The molecule has 3 N–H and O–H groups in total. The van der Waals surface area contributed by atoms with E-state index in [1.807, 2.05) is 0 Å². The van der Waals surface area contributed by atoms with E-state index in [0.29, 0.717) is 12.5 Å². The Balaban J connectivity index is 1.65. The van der Waals surface area contributed by atoms with E-state index in [-0.39, 0.29) is 0 Å². The van der Waals surface area contributed by atoms with E-state index >= 15 is 0 Å². The number of anilines is 1. The van der Waals surface area contributed by atoms with Crippen LogP contribution in [0.3, 0.4) is 0 Å². The van der Waals surface area contributed by atoms with Gasteiger partial charge in [-0.05, 0) is 48.2 Å². The molecule has 0 radical (unpaired) electrons. The molecule has 0 unspecified atom stereocenters. The molecule has 1 aliphatic rings. The summed E-state index contributed by atoms with van der Waals surface area (Å²) in [6.45, 7) is 9.24. The molecule has 1 heterocycles. The number of nitrogens with zero attached hydrogens (tertiary/aromatic N) is 2. The van der Waals surface area contributed by atoms with Crippen LogP contribution in [0.1, 0.15) is 22.3 Å². The number of nitrogens with one attached hydrogen (secondary N) is 1. The summed E-state index contributed by atoms with van der Waals surface area (Å²) in [6.07, 6.45) is 0. The van der Waals surface area contributed by atoms with Crippen LogP contribution >= 0.6 is 0 Å². The minimum Gasteiger partial charge on any atom is -0.379 e. The molecule has 1 aliphatic heterocycles. The molecule has 1 saturated heterocycles. The molecule has 0 atom stereocenters. The van der Waals surface area contributed by atoms with Gasteiger partial charge < -0.3 is 15.8 Å². The van der Waals surface area contributed by atoms with E-state index in [1.165, 1.54) is 22.3 Å². The van der Waals surface area contributed by atoms with E-state index < -0.39 is 0 Å². The highest BCUT2D eigenvalue weighted by Crippen LogP contribution is 2.15. The van der Waals surface area contributed by atoms with Gasteiger partial charge in [-0.2, -0.15) is 0 Å². The molecular formula is C21H28N4O. The predicted octanol–water partition coefficient (Wildman–Crippen LogP) is 3.06. The van der Waals surface area contributed by atoms with Gasteiger partial charge in [0.2, 0.25) is 0 Å². The van der Waals surface area contributed by atoms with Gasteiger partial charge in [-0.3, -0.25) is 4.90 Å². The van der Waals surface area contributed by atoms with Gasteiger partial charge in [0.15, 0.2) is 5.96 Å². The van der Waals surface area contributed by atoms with Gasteiger partial charge in [-0.1, -0.05) is 30.3 Å². The Kier molecular flexibility index (Phi) is 6.26. The molecule has 0 saturated carbocycles. The van der Waals surface area contributed by atoms with Crippen molar-refractivity contribution in [1.29, 1.82) is 0 Å². The molecule has 138 valence electrons. The minimum atomic E-state index is 0.441. The van der Waals surface area contributed by atoms with Crippen LogP contribution in [0, 0.1) is 13.8 Å². The van der Waals surface area contributed by atoms with Crippen molar-refractivity contribution in [3.05, 3.63) is 64.7 Å². The summed E-state index contributed by atoms with van der Waals surface area (Å²) >= 11 is 0. The van der Waals surface area contributed by atoms with Crippen molar-refractivity contribution in [3.63, 3.8) is 0 Å². The van der Waals surface area contributed by atoms with Crippen LogP contribution in [0.4, 0.5) is 5.69 Å². The molecule has 1 fully saturated rings. The Labute approximate surface area is 155 Å². The number of aryl methyl sites for hydroxylation is 2. The number of rotatable bonds is 5. The van der Waals surface area contributed by atoms with E-state index in [2.05, 4.69) is 71.5 Å². The first-order valence-electron chi connectivity index (χ1n) is 9.12. The van der Waals surface area contributed by atoms with E-state index in [0.717, 1.165) is 38.5 Å². The first-order chi connectivity index (χ1) is 12.6. The van der Waals surface area contributed by atoms with Crippen molar-refractivity contribution in [3.8, 4) is 0 Å². The van der Waals surface area contributed by atoms with Gasteiger partial charge in [0.1, 0.15) is 0 Å². The zero-order valence-electron chi connectivity index (χ0n) is 15.7. The fourth-order valence-corrected chi connectivity index (χ4v) is 3.27. The fourth-order valence-electron chi connectivity index (χ4n) is 3.27. The molecule has 2 aromatic carbocycles. The summed E-state index contributed by atoms with van der Waals surface area (Å²) in [6, 6.07) is 14.7. The van der Waals surface area contributed by atoms with Crippen LogP contribution in [-0.2, 0) is 17.8 Å². The van der Waals surface area contributed by atoms with Crippen molar-refractivity contribution >= 4 is 11.6 Å². The Hall–Kier alpha value is -2.37. The summed E-state index contributed by atoms with van der Waals surface area (Å²) < 4.78 is 5.43. The molecule has 5 nitrogen and oxygen atoms in total. The van der Waals surface area contributed by atoms with Gasteiger partial charge >= 0.3 is 0 Å². The van der Waals surface area contributed by atoms with Gasteiger partial charge in [0.25, 0.3) is 0 Å². The van der Waals surface area contributed by atoms with Gasteiger partial charge in [-0.25, -0.2) is 4.99 Å². The molecule has 5 heteroatoms. The monoisotopic (exact) mass is 352 g/mol. The first-order valence-corrected chi connectivity index (χ1v) is 9.12. The van der Waals surface area contributed by atoms with Crippen LogP contribution in [0.15, 0.2) is 47.5 Å². The number of hydrogen-bond donors (Lipinski definition) is 2. The molecule has 3 rings (SSSR count). The van der Waals surface area contributed by atoms with Crippen LogP contribution in [-0.4, -0.2) is 37.2 Å². The summed E-state index contributed by atoms with van der Waals surface area (Å²) in [4.78, 5) is 6.96. The molecular weight excluding hydrogens is 324 g/mol. The lowest BCUT2D eigenvalue weighted by atomic mass is 10.1. The number of benzene rings is 2. The topological polar surface area (TPSA) is 62.9 Å². The third kappa shape index (κ3) is 5.31. The number of morpholine rings is 1. The predicted molar refractivity (Wildman–Crippen MR) is 107 cm³/mol. The maximum atomic E-state index is 6.10. The normalized spacial score (nSPS) is 15.8. The quantitative estimate of drug-likeness (QED) is 0.641. The van der Waals surface area contributed by atoms with Crippen LogP contribution in [0.25, 0.3) is 0 Å². The maximum Gasteiger partial charge on any atom is 0.193 e. The van der Waals surface area contributed by atoms with Crippen LogP contribution < -0.4 is 11.1 Å². The SMILES string of the molecule is Cc1cc(C)cc(NC(N)=NCc2ccccc2CN2CCOCC2)c1. The van der Waals surface area contributed by atoms with Crippen LogP contribution in [0.5, 0.6) is 0 Å². The molecule has 0 aliphatic carbocycles. The molecule has 0 bridgehead atoms. The zero-order valence-corrected chi connectivity index (χ0v) is 15.7. The van der Waals surface area contributed by atoms with Crippen molar-refractivity contribution in [2.45, 2.75) is 26.9 Å². The number of guanidine groups is 1. The Morgan fingerprint density at radius 3 is 2.42 bits per heavy atom. The lowest BCUT2D eigenvalue weighted by Gasteiger charge is -2.27. The average molecular weight is 352 g/mol. The number of ether oxygens (including phenoxy) is 1. The molecule has 0 spiro atoms. The average Bonchev–Trinajstić information content (AvgIpc) is 2.61.